The van der Waals surface area contributed by atoms with Gasteiger partial charge in [0.2, 0.25) is 11.1 Å². The summed E-state index contributed by atoms with van der Waals surface area (Å²) in [5, 5.41) is 20.6. The van der Waals surface area contributed by atoms with Gasteiger partial charge in [-0.1, -0.05) is 30.0 Å². The zero-order valence-electron chi connectivity index (χ0n) is 15.8. The molecule has 1 heterocycles. The maximum absolute atomic E-state index is 12.0. The van der Waals surface area contributed by atoms with Crippen molar-refractivity contribution >= 4 is 29.0 Å². The van der Waals surface area contributed by atoms with E-state index in [1.165, 1.54) is 36.0 Å². The summed E-state index contributed by atoms with van der Waals surface area (Å²) in [7, 11) is 0. The number of benzene rings is 2. The van der Waals surface area contributed by atoms with Gasteiger partial charge in [-0.3, -0.25) is 20.0 Å². The van der Waals surface area contributed by atoms with Crippen LogP contribution in [0, 0.1) is 24.0 Å². The molecule has 3 aromatic rings. The quantitative estimate of drug-likeness (QED) is 0.328. The molecule has 9 nitrogen and oxygen atoms in total. The molecule has 10 heteroatoms. The van der Waals surface area contributed by atoms with Crippen molar-refractivity contribution in [1.82, 2.24) is 15.2 Å². The lowest BCUT2D eigenvalue weighted by Crippen LogP contribution is -2.14. The first-order valence-electron chi connectivity index (χ1n) is 8.70. The Hall–Kier alpha value is -3.40. The van der Waals surface area contributed by atoms with Gasteiger partial charge in [0.15, 0.2) is 5.82 Å². The average molecular weight is 413 g/mol. The number of ether oxygens (including phenoxy) is 1. The highest BCUT2D eigenvalue weighted by atomic mass is 32.2. The molecule has 0 unspecified atom stereocenters. The van der Waals surface area contributed by atoms with Gasteiger partial charge >= 0.3 is 0 Å². The first-order chi connectivity index (χ1) is 13.9. The standard InChI is InChI=1S/C19H19N5O4S/c1-12-4-3-5-13(2)18(12)28-10-16-21-19(23-22-16)29-11-17(25)20-14-6-8-15(9-7-14)24(26)27/h3-9H,10-11H2,1-2H3,(H,20,25)(H,21,22,23). The molecule has 29 heavy (non-hydrogen) atoms. The molecule has 2 N–H and O–H groups in total. The number of amides is 1. The van der Waals surface area contributed by atoms with E-state index in [-0.39, 0.29) is 24.0 Å². The van der Waals surface area contributed by atoms with Crippen LogP contribution in [0.3, 0.4) is 0 Å². The molecule has 0 saturated carbocycles. The van der Waals surface area contributed by atoms with E-state index in [4.69, 9.17) is 4.74 Å². The molecule has 0 aliphatic rings. The fourth-order valence-corrected chi connectivity index (χ4v) is 3.19. The molecule has 3 rings (SSSR count). The van der Waals surface area contributed by atoms with Crippen LogP contribution in [0.2, 0.25) is 0 Å². The number of nitro groups is 1. The normalized spacial score (nSPS) is 10.6. The van der Waals surface area contributed by atoms with Crippen LogP contribution in [0.1, 0.15) is 17.0 Å². The number of non-ortho nitro benzene ring substituents is 1. The fraction of sp³-hybridized carbons (Fsp3) is 0.211. The van der Waals surface area contributed by atoms with E-state index in [9.17, 15) is 14.9 Å². The Bertz CT molecular complexity index is 999. The Balaban J connectivity index is 1.48. The van der Waals surface area contributed by atoms with Crippen LogP contribution in [-0.4, -0.2) is 31.8 Å². The van der Waals surface area contributed by atoms with Crippen LogP contribution in [0.4, 0.5) is 11.4 Å². The molecule has 0 saturated heterocycles. The smallest absolute Gasteiger partial charge is 0.269 e. The van der Waals surface area contributed by atoms with Gasteiger partial charge in [0.1, 0.15) is 12.4 Å². The zero-order valence-corrected chi connectivity index (χ0v) is 16.7. The van der Waals surface area contributed by atoms with Crippen LogP contribution < -0.4 is 10.1 Å². The molecule has 0 aliphatic carbocycles. The zero-order chi connectivity index (χ0) is 20.8. The third-order valence-electron chi connectivity index (χ3n) is 3.97. The number of anilines is 1. The van der Waals surface area contributed by atoms with Gasteiger partial charge in [-0.05, 0) is 37.1 Å². The molecular formula is C19H19N5O4S. The fourth-order valence-electron chi connectivity index (χ4n) is 2.57. The summed E-state index contributed by atoms with van der Waals surface area (Å²) in [4.78, 5) is 26.5. The molecule has 1 aromatic heterocycles. The highest BCUT2D eigenvalue weighted by Gasteiger charge is 2.11. The molecule has 0 bridgehead atoms. The van der Waals surface area contributed by atoms with Crippen LogP contribution in [0.15, 0.2) is 47.6 Å². The predicted molar refractivity (Wildman–Crippen MR) is 109 cm³/mol. The number of thioether (sulfide) groups is 1. The highest BCUT2D eigenvalue weighted by molar-refractivity contribution is 7.99. The van der Waals surface area contributed by atoms with Crippen molar-refractivity contribution in [3.63, 3.8) is 0 Å². The van der Waals surface area contributed by atoms with E-state index in [0.29, 0.717) is 16.7 Å². The molecule has 0 radical (unpaired) electrons. The Kier molecular flexibility index (Phi) is 6.45. The second-order valence-corrected chi connectivity index (χ2v) is 7.16. The first kappa shape index (κ1) is 20.3. The van der Waals surface area contributed by atoms with Crippen LogP contribution in [-0.2, 0) is 11.4 Å². The summed E-state index contributed by atoms with van der Waals surface area (Å²) in [5.41, 5.74) is 2.54. The SMILES string of the molecule is Cc1cccc(C)c1OCc1nc(SCC(=O)Nc2ccc([N+](=O)[O-])cc2)n[nH]1. The Labute approximate surface area is 171 Å². The van der Waals surface area contributed by atoms with E-state index in [1.807, 2.05) is 32.0 Å². The van der Waals surface area contributed by atoms with Crippen molar-refractivity contribution in [2.45, 2.75) is 25.6 Å². The average Bonchev–Trinajstić information content (AvgIpc) is 3.14. The van der Waals surface area contributed by atoms with E-state index < -0.39 is 4.92 Å². The first-order valence-corrected chi connectivity index (χ1v) is 9.68. The number of nitro benzene ring substituents is 1. The minimum atomic E-state index is -0.494. The van der Waals surface area contributed by atoms with Gasteiger partial charge in [-0.25, -0.2) is 4.98 Å². The minimum absolute atomic E-state index is 0.0336. The van der Waals surface area contributed by atoms with Crippen LogP contribution >= 0.6 is 11.8 Å². The number of aromatic nitrogens is 3. The monoisotopic (exact) mass is 413 g/mol. The van der Waals surface area contributed by atoms with Crippen molar-refractivity contribution < 1.29 is 14.5 Å². The van der Waals surface area contributed by atoms with Crippen molar-refractivity contribution in [1.29, 1.82) is 0 Å². The third-order valence-corrected chi connectivity index (χ3v) is 4.81. The second-order valence-electron chi connectivity index (χ2n) is 6.22. The number of aromatic amines is 1. The lowest BCUT2D eigenvalue weighted by molar-refractivity contribution is -0.384. The van der Waals surface area contributed by atoms with Crippen molar-refractivity contribution in [2.75, 3.05) is 11.1 Å². The number of rotatable bonds is 8. The summed E-state index contributed by atoms with van der Waals surface area (Å²) in [6, 6.07) is 11.6. The van der Waals surface area contributed by atoms with E-state index in [0.717, 1.165) is 16.9 Å². The maximum atomic E-state index is 12.0. The number of carbonyl (C=O) groups excluding carboxylic acids is 1. The van der Waals surface area contributed by atoms with E-state index >= 15 is 0 Å². The summed E-state index contributed by atoms with van der Waals surface area (Å²) < 4.78 is 5.83. The summed E-state index contributed by atoms with van der Waals surface area (Å²) in [6.45, 7) is 4.20. The number of carbonyl (C=O) groups is 1. The third kappa shape index (κ3) is 5.55. The molecule has 150 valence electrons. The van der Waals surface area contributed by atoms with Crippen LogP contribution in [0.25, 0.3) is 0 Å². The summed E-state index contributed by atoms with van der Waals surface area (Å²) in [6.07, 6.45) is 0. The topological polar surface area (TPSA) is 123 Å². The Morgan fingerprint density at radius 2 is 1.90 bits per heavy atom. The lowest BCUT2D eigenvalue weighted by atomic mass is 10.1. The van der Waals surface area contributed by atoms with Gasteiger partial charge < -0.3 is 10.1 Å². The van der Waals surface area contributed by atoms with Gasteiger partial charge in [-0.15, -0.1) is 5.10 Å². The number of aryl methyl sites for hydroxylation is 2. The van der Waals surface area contributed by atoms with Gasteiger partial charge in [-0.2, -0.15) is 0 Å². The van der Waals surface area contributed by atoms with E-state index in [1.54, 1.807) is 0 Å². The van der Waals surface area contributed by atoms with Crippen molar-refractivity contribution in [3.8, 4) is 5.75 Å². The number of nitrogens with zero attached hydrogens (tertiary/aromatic N) is 3. The Morgan fingerprint density at radius 3 is 2.55 bits per heavy atom. The summed E-state index contributed by atoms with van der Waals surface area (Å²) >= 11 is 1.18. The number of para-hydroxylation sites is 1. The largest absolute Gasteiger partial charge is 0.485 e. The molecule has 0 fully saturated rings. The maximum Gasteiger partial charge on any atom is 0.269 e. The van der Waals surface area contributed by atoms with Crippen molar-refractivity contribution in [2.24, 2.45) is 0 Å². The molecule has 0 aliphatic heterocycles. The number of hydrogen-bond acceptors (Lipinski definition) is 7. The molecule has 0 spiro atoms. The van der Waals surface area contributed by atoms with E-state index in [2.05, 4.69) is 20.5 Å². The molecule has 0 atom stereocenters. The van der Waals surface area contributed by atoms with Gasteiger partial charge in [0.05, 0.1) is 10.7 Å². The molecule has 2 aromatic carbocycles. The molecule has 1 amide bonds. The Morgan fingerprint density at radius 1 is 1.21 bits per heavy atom. The predicted octanol–water partition coefficient (Wildman–Crippen LogP) is 3.64. The second kappa shape index (κ2) is 9.20. The van der Waals surface area contributed by atoms with Gasteiger partial charge in [0.25, 0.3) is 5.69 Å². The number of nitrogens with one attached hydrogen (secondary N) is 2. The van der Waals surface area contributed by atoms with Crippen molar-refractivity contribution in [3.05, 3.63) is 69.5 Å². The van der Waals surface area contributed by atoms with Crippen LogP contribution in [0.5, 0.6) is 5.75 Å². The molecular weight excluding hydrogens is 394 g/mol. The van der Waals surface area contributed by atoms with Gasteiger partial charge in [0, 0.05) is 17.8 Å². The number of hydrogen-bond donors (Lipinski definition) is 2. The number of H-pyrrole nitrogens is 1. The summed E-state index contributed by atoms with van der Waals surface area (Å²) in [5.74, 6) is 1.22. The minimum Gasteiger partial charge on any atom is -0.485 e. The lowest BCUT2D eigenvalue weighted by Gasteiger charge is -2.10. The highest BCUT2D eigenvalue weighted by Crippen LogP contribution is 2.23.